The molecule has 7 rings (SSSR count). The first-order valence-electron chi connectivity index (χ1n) is 10.6. The van der Waals surface area contributed by atoms with E-state index in [1.807, 2.05) is 0 Å². The Morgan fingerprint density at radius 3 is 2.45 bits per heavy atom. The van der Waals surface area contributed by atoms with Gasteiger partial charge in [-0.15, -0.1) is 0 Å². The number of para-hydroxylation sites is 1. The Balaban J connectivity index is 1.73. The van der Waals surface area contributed by atoms with Crippen LogP contribution in [0.1, 0.15) is 33.6 Å². The van der Waals surface area contributed by atoms with Crippen LogP contribution in [0.15, 0.2) is 48.5 Å². The van der Waals surface area contributed by atoms with E-state index in [0.717, 1.165) is 19.4 Å². The lowest BCUT2D eigenvalue weighted by atomic mass is 9.90. The highest BCUT2D eigenvalue weighted by Crippen LogP contribution is 2.41. The van der Waals surface area contributed by atoms with Crippen molar-refractivity contribution < 1.29 is 4.40 Å². The van der Waals surface area contributed by atoms with Crippen LogP contribution in [0, 0.1) is 20.8 Å². The summed E-state index contributed by atoms with van der Waals surface area (Å²) in [5.41, 5.74) is 14.2. The molecule has 0 spiro atoms. The molecule has 0 aliphatic carbocycles. The summed E-state index contributed by atoms with van der Waals surface area (Å²) in [7, 11) is 0. The van der Waals surface area contributed by atoms with E-state index >= 15 is 0 Å². The van der Waals surface area contributed by atoms with Crippen LogP contribution in [0.2, 0.25) is 0 Å². The molecule has 0 bridgehead atoms. The minimum absolute atomic E-state index is 0.992. The minimum Gasteiger partial charge on any atom is -0.222 e. The van der Waals surface area contributed by atoms with Crippen molar-refractivity contribution in [1.82, 2.24) is 4.57 Å². The number of hydrogen-bond acceptors (Lipinski definition) is 0. The summed E-state index contributed by atoms with van der Waals surface area (Å²) in [6.07, 6.45) is 2.29. The predicted octanol–water partition coefficient (Wildman–Crippen LogP) is 5.59. The molecule has 0 amide bonds. The second kappa shape index (κ2) is 5.07. The summed E-state index contributed by atoms with van der Waals surface area (Å²) in [6, 6.07) is 18.5. The van der Waals surface area contributed by atoms with Crippen LogP contribution in [0.25, 0.3) is 38.4 Å². The van der Waals surface area contributed by atoms with Gasteiger partial charge >= 0.3 is 0 Å². The van der Waals surface area contributed by atoms with Crippen molar-refractivity contribution in [3.8, 4) is 11.1 Å². The van der Waals surface area contributed by atoms with Crippen molar-refractivity contribution in [3.63, 3.8) is 0 Å². The largest absolute Gasteiger partial charge is 0.295 e. The van der Waals surface area contributed by atoms with Gasteiger partial charge in [-0.1, -0.05) is 36.4 Å². The molecule has 4 heterocycles. The van der Waals surface area contributed by atoms with E-state index in [4.69, 9.17) is 0 Å². The Morgan fingerprint density at radius 1 is 0.828 bits per heavy atom. The molecule has 0 radical (unpaired) electrons. The maximum Gasteiger partial charge on any atom is 0.295 e. The molecule has 2 aliphatic heterocycles. The average molecular weight is 375 g/mol. The molecule has 0 fully saturated rings. The number of pyridine rings is 1. The van der Waals surface area contributed by atoms with E-state index in [0.29, 0.717) is 0 Å². The Hall–Kier alpha value is -3.13. The summed E-state index contributed by atoms with van der Waals surface area (Å²) in [4.78, 5) is 0. The SMILES string of the molecule is Cc1cccc(C)c1-c1cc2c3c(c1)c1cccc4c1[n+]1c(c(C)n(c31)C2)CC4. The molecule has 0 unspecified atom stereocenters. The number of aryl methyl sites for hydroxylation is 4. The standard InChI is InChI=1S/C27H23N2/c1-15-6-4-7-16(2)24(15)19-12-20-14-28-17(3)23-11-10-18-8-5-9-21-22(13-19)25(20)27(28)29(23)26(18)21/h4-9,12-13H,10-11,14H2,1-3H3/q+1. The summed E-state index contributed by atoms with van der Waals surface area (Å²) in [5, 5.41) is 4.28. The van der Waals surface area contributed by atoms with E-state index in [1.165, 1.54) is 72.1 Å². The average Bonchev–Trinajstić information content (AvgIpc) is 3.23. The van der Waals surface area contributed by atoms with Gasteiger partial charge in [0.1, 0.15) is 17.8 Å². The zero-order chi connectivity index (χ0) is 19.4. The first-order chi connectivity index (χ1) is 14.1. The van der Waals surface area contributed by atoms with Crippen molar-refractivity contribution >= 4 is 27.3 Å². The van der Waals surface area contributed by atoms with Crippen molar-refractivity contribution in [2.24, 2.45) is 0 Å². The maximum atomic E-state index is 2.58. The van der Waals surface area contributed by atoms with Crippen molar-refractivity contribution in [2.75, 3.05) is 0 Å². The fourth-order valence-corrected chi connectivity index (χ4v) is 6.11. The van der Waals surface area contributed by atoms with Crippen LogP contribution >= 0.6 is 0 Å². The summed E-state index contributed by atoms with van der Waals surface area (Å²) >= 11 is 0. The molecule has 0 saturated heterocycles. The van der Waals surface area contributed by atoms with E-state index < -0.39 is 0 Å². The molecular weight excluding hydrogens is 352 g/mol. The topological polar surface area (TPSA) is 9.03 Å². The van der Waals surface area contributed by atoms with E-state index in [-0.39, 0.29) is 0 Å². The fraction of sp³-hybridized carbons (Fsp3) is 0.222. The Bertz CT molecular complexity index is 1530. The summed E-state index contributed by atoms with van der Waals surface area (Å²) in [6.45, 7) is 7.77. The Morgan fingerprint density at radius 2 is 1.62 bits per heavy atom. The predicted molar refractivity (Wildman–Crippen MR) is 119 cm³/mol. The highest BCUT2D eigenvalue weighted by Gasteiger charge is 2.36. The molecule has 0 atom stereocenters. The second-order valence-corrected chi connectivity index (χ2v) is 8.92. The molecule has 3 aromatic carbocycles. The van der Waals surface area contributed by atoms with Crippen LogP contribution in [0.4, 0.5) is 0 Å². The Labute approximate surface area is 170 Å². The van der Waals surface area contributed by atoms with Gasteiger partial charge in [-0.05, 0) is 54.7 Å². The lowest BCUT2D eigenvalue weighted by Gasteiger charge is -2.16. The minimum atomic E-state index is 0.992. The van der Waals surface area contributed by atoms with Gasteiger partial charge < -0.3 is 0 Å². The van der Waals surface area contributed by atoms with Gasteiger partial charge in [0, 0.05) is 35.2 Å². The van der Waals surface area contributed by atoms with Gasteiger partial charge in [-0.3, -0.25) is 0 Å². The van der Waals surface area contributed by atoms with Crippen LogP contribution < -0.4 is 4.40 Å². The molecule has 29 heavy (non-hydrogen) atoms. The maximum absolute atomic E-state index is 2.58. The highest BCUT2D eigenvalue weighted by molar-refractivity contribution is 6.13. The quantitative estimate of drug-likeness (QED) is 0.262. The van der Waals surface area contributed by atoms with Gasteiger partial charge in [-0.25, -0.2) is 4.57 Å². The van der Waals surface area contributed by atoms with E-state index in [1.54, 1.807) is 0 Å². The molecule has 5 aromatic rings. The van der Waals surface area contributed by atoms with Crippen LogP contribution in [0.3, 0.4) is 0 Å². The van der Waals surface area contributed by atoms with Crippen molar-refractivity contribution in [2.45, 2.75) is 40.2 Å². The van der Waals surface area contributed by atoms with E-state index in [2.05, 4.69) is 78.3 Å². The first kappa shape index (κ1) is 15.8. The number of rotatable bonds is 1. The second-order valence-electron chi connectivity index (χ2n) is 8.92. The number of benzene rings is 3. The molecule has 0 saturated carbocycles. The molecule has 2 aliphatic rings. The number of hydrogen-bond donors (Lipinski definition) is 0. The summed E-state index contributed by atoms with van der Waals surface area (Å²) in [5.74, 6) is 0. The van der Waals surface area contributed by atoms with Gasteiger partial charge in [0.25, 0.3) is 5.65 Å². The monoisotopic (exact) mass is 375 g/mol. The zero-order valence-corrected chi connectivity index (χ0v) is 17.1. The number of nitrogens with zero attached hydrogens (tertiary/aromatic N) is 2. The van der Waals surface area contributed by atoms with Crippen LogP contribution in [-0.2, 0) is 19.4 Å². The third kappa shape index (κ3) is 1.76. The molecule has 2 heteroatoms. The smallest absolute Gasteiger partial charge is 0.222 e. The summed E-state index contributed by atoms with van der Waals surface area (Å²) < 4.78 is 5.14. The fourth-order valence-electron chi connectivity index (χ4n) is 6.11. The van der Waals surface area contributed by atoms with Crippen molar-refractivity contribution in [1.29, 1.82) is 0 Å². The number of aromatic nitrogens is 2. The third-order valence-electron chi connectivity index (χ3n) is 7.37. The highest BCUT2D eigenvalue weighted by atomic mass is 15.2. The van der Waals surface area contributed by atoms with Crippen molar-refractivity contribution in [3.05, 3.63) is 82.2 Å². The Kier molecular flexibility index (Phi) is 2.75. The van der Waals surface area contributed by atoms with Gasteiger partial charge in [0.05, 0.1) is 5.39 Å². The molecule has 2 nitrogen and oxygen atoms in total. The lowest BCUT2D eigenvalue weighted by molar-refractivity contribution is -0.492. The van der Waals surface area contributed by atoms with Gasteiger partial charge in [-0.2, -0.15) is 4.40 Å². The van der Waals surface area contributed by atoms with Gasteiger partial charge in [0.15, 0.2) is 5.69 Å². The third-order valence-corrected chi connectivity index (χ3v) is 7.37. The molecule has 140 valence electrons. The normalized spacial score (nSPS) is 14.3. The molecular formula is C27H23N2+. The molecule has 0 N–H and O–H groups in total. The van der Waals surface area contributed by atoms with E-state index in [9.17, 15) is 0 Å². The lowest BCUT2D eigenvalue weighted by Crippen LogP contribution is -2.31. The number of fused-ring (bicyclic) bond motifs is 1. The van der Waals surface area contributed by atoms with Crippen LogP contribution in [0.5, 0.6) is 0 Å². The zero-order valence-electron chi connectivity index (χ0n) is 17.1. The molecule has 2 aromatic heterocycles. The van der Waals surface area contributed by atoms with Crippen LogP contribution in [-0.4, -0.2) is 4.57 Å². The van der Waals surface area contributed by atoms with Gasteiger partial charge in [0.2, 0.25) is 0 Å². The number of imidazole rings is 1. The first-order valence-corrected chi connectivity index (χ1v) is 10.6.